The van der Waals surface area contributed by atoms with Crippen molar-refractivity contribution in [1.82, 2.24) is 9.47 Å². The van der Waals surface area contributed by atoms with Crippen molar-refractivity contribution in [2.24, 2.45) is 0 Å². The highest BCUT2D eigenvalue weighted by Crippen LogP contribution is 2.28. The SMILES string of the molecule is C[C@@H]1CC[C@H](Cc2ccc(-n3cccc3)cc2)N1C(=O)OC(C)(C)C. The minimum atomic E-state index is -0.456. The molecular formula is C21H28N2O2. The van der Waals surface area contributed by atoms with Gasteiger partial charge >= 0.3 is 6.09 Å². The van der Waals surface area contributed by atoms with Crippen LogP contribution in [-0.2, 0) is 11.2 Å². The number of hydrogen-bond donors (Lipinski definition) is 0. The van der Waals surface area contributed by atoms with Crippen LogP contribution in [0.4, 0.5) is 4.79 Å². The summed E-state index contributed by atoms with van der Waals surface area (Å²) in [5, 5.41) is 0. The maximum Gasteiger partial charge on any atom is 0.410 e. The maximum atomic E-state index is 12.6. The van der Waals surface area contributed by atoms with Crippen molar-refractivity contribution in [2.45, 2.75) is 64.6 Å². The Morgan fingerprint density at radius 3 is 2.36 bits per heavy atom. The molecule has 2 aromatic rings. The van der Waals surface area contributed by atoms with E-state index in [0.29, 0.717) is 0 Å². The molecule has 134 valence electrons. The minimum Gasteiger partial charge on any atom is -0.444 e. The van der Waals surface area contributed by atoms with Gasteiger partial charge in [-0.1, -0.05) is 12.1 Å². The predicted molar refractivity (Wildman–Crippen MR) is 100 cm³/mol. The second-order valence-corrected chi connectivity index (χ2v) is 7.93. The van der Waals surface area contributed by atoms with Gasteiger partial charge in [-0.3, -0.25) is 0 Å². The van der Waals surface area contributed by atoms with E-state index in [9.17, 15) is 4.79 Å². The Bertz CT molecular complexity index is 698. The lowest BCUT2D eigenvalue weighted by molar-refractivity contribution is 0.0161. The zero-order chi connectivity index (χ0) is 18.0. The molecule has 0 N–H and O–H groups in total. The highest BCUT2D eigenvalue weighted by atomic mass is 16.6. The molecule has 0 aliphatic carbocycles. The number of ether oxygens (including phenoxy) is 1. The zero-order valence-corrected chi connectivity index (χ0v) is 15.6. The fourth-order valence-corrected chi connectivity index (χ4v) is 3.50. The highest BCUT2D eigenvalue weighted by Gasteiger charge is 2.36. The van der Waals surface area contributed by atoms with Gasteiger partial charge in [-0.25, -0.2) is 4.79 Å². The molecule has 4 nitrogen and oxygen atoms in total. The average molecular weight is 340 g/mol. The van der Waals surface area contributed by atoms with Gasteiger partial charge in [0.25, 0.3) is 0 Å². The highest BCUT2D eigenvalue weighted by molar-refractivity contribution is 5.69. The summed E-state index contributed by atoms with van der Waals surface area (Å²) in [6.07, 6.45) is 6.82. The van der Waals surface area contributed by atoms with E-state index in [1.807, 2.05) is 50.2 Å². The summed E-state index contributed by atoms with van der Waals surface area (Å²) < 4.78 is 7.70. The van der Waals surface area contributed by atoms with E-state index in [2.05, 4.69) is 35.8 Å². The molecule has 2 atom stereocenters. The Morgan fingerprint density at radius 1 is 1.12 bits per heavy atom. The van der Waals surface area contributed by atoms with Crippen molar-refractivity contribution in [2.75, 3.05) is 0 Å². The summed E-state index contributed by atoms with van der Waals surface area (Å²) in [7, 11) is 0. The Morgan fingerprint density at radius 2 is 1.76 bits per heavy atom. The molecule has 1 aliphatic heterocycles. The number of benzene rings is 1. The van der Waals surface area contributed by atoms with Crippen LogP contribution >= 0.6 is 0 Å². The van der Waals surface area contributed by atoms with Crippen LogP contribution in [0.25, 0.3) is 5.69 Å². The van der Waals surface area contributed by atoms with Crippen LogP contribution in [-0.4, -0.2) is 33.2 Å². The lowest BCUT2D eigenvalue weighted by atomic mass is 10.0. The van der Waals surface area contributed by atoms with Crippen molar-refractivity contribution < 1.29 is 9.53 Å². The van der Waals surface area contributed by atoms with Gasteiger partial charge in [0.05, 0.1) is 0 Å². The van der Waals surface area contributed by atoms with Crippen molar-refractivity contribution >= 4 is 6.09 Å². The normalized spacial score (nSPS) is 20.7. The second-order valence-electron chi connectivity index (χ2n) is 7.93. The predicted octanol–water partition coefficient (Wildman–Crippen LogP) is 4.81. The van der Waals surface area contributed by atoms with Crippen LogP contribution < -0.4 is 0 Å². The maximum absolute atomic E-state index is 12.6. The molecule has 0 saturated carbocycles. The zero-order valence-electron chi connectivity index (χ0n) is 15.6. The van der Waals surface area contributed by atoms with Gasteiger partial charge < -0.3 is 14.2 Å². The summed E-state index contributed by atoms with van der Waals surface area (Å²) >= 11 is 0. The van der Waals surface area contributed by atoms with Crippen LogP contribution in [0.5, 0.6) is 0 Å². The first-order valence-electron chi connectivity index (χ1n) is 9.07. The van der Waals surface area contributed by atoms with Gasteiger partial charge in [0, 0.05) is 30.2 Å². The van der Waals surface area contributed by atoms with E-state index in [4.69, 9.17) is 4.74 Å². The van der Waals surface area contributed by atoms with E-state index >= 15 is 0 Å². The fourth-order valence-electron chi connectivity index (χ4n) is 3.50. The van der Waals surface area contributed by atoms with Crippen molar-refractivity contribution in [3.8, 4) is 5.69 Å². The number of carbonyl (C=O) groups is 1. The third-order valence-corrected chi connectivity index (χ3v) is 4.70. The average Bonchev–Trinajstić information content (AvgIpc) is 3.16. The Hall–Kier alpha value is -2.23. The summed E-state index contributed by atoms with van der Waals surface area (Å²) in [5.41, 5.74) is 1.95. The van der Waals surface area contributed by atoms with Gasteiger partial charge in [-0.2, -0.15) is 0 Å². The molecule has 1 aromatic heterocycles. The summed E-state index contributed by atoms with van der Waals surface area (Å²) in [6.45, 7) is 7.86. The fraction of sp³-hybridized carbons (Fsp3) is 0.476. The molecule has 1 aliphatic rings. The Balaban J connectivity index is 1.69. The number of hydrogen-bond acceptors (Lipinski definition) is 2. The van der Waals surface area contributed by atoms with Crippen LogP contribution in [0.15, 0.2) is 48.8 Å². The van der Waals surface area contributed by atoms with E-state index < -0.39 is 5.60 Å². The number of nitrogens with zero attached hydrogens (tertiary/aromatic N) is 2. The van der Waals surface area contributed by atoms with E-state index in [1.165, 1.54) is 5.56 Å². The third kappa shape index (κ3) is 4.25. The molecule has 0 spiro atoms. The molecule has 1 saturated heterocycles. The third-order valence-electron chi connectivity index (χ3n) is 4.70. The van der Waals surface area contributed by atoms with Crippen LogP contribution in [0.3, 0.4) is 0 Å². The van der Waals surface area contributed by atoms with E-state index in [1.54, 1.807) is 0 Å². The minimum absolute atomic E-state index is 0.188. The number of likely N-dealkylation sites (tertiary alicyclic amines) is 1. The summed E-state index contributed by atoms with van der Waals surface area (Å²) in [5.74, 6) is 0. The van der Waals surface area contributed by atoms with Crippen molar-refractivity contribution in [3.63, 3.8) is 0 Å². The van der Waals surface area contributed by atoms with Crippen molar-refractivity contribution in [3.05, 3.63) is 54.4 Å². The molecule has 1 aromatic carbocycles. The standard InChI is InChI=1S/C21H28N2O2/c1-16-7-10-19(23(16)20(24)25-21(2,3)4)15-17-8-11-18(12-9-17)22-13-5-6-14-22/h5-6,8-9,11-14,16,19H,7,10,15H2,1-4H3/t16-,19-/m1/s1. The molecule has 1 fully saturated rings. The number of amides is 1. The Labute approximate surface area is 150 Å². The molecule has 0 unspecified atom stereocenters. The van der Waals surface area contributed by atoms with Gasteiger partial charge in [-0.15, -0.1) is 0 Å². The van der Waals surface area contributed by atoms with Crippen LogP contribution in [0, 0.1) is 0 Å². The summed E-state index contributed by atoms with van der Waals surface area (Å²) in [6, 6.07) is 13.1. The monoisotopic (exact) mass is 340 g/mol. The molecule has 25 heavy (non-hydrogen) atoms. The van der Waals surface area contributed by atoms with Crippen LogP contribution in [0.2, 0.25) is 0 Å². The van der Waals surface area contributed by atoms with E-state index in [-0.39, 0.29) is 18.2 Å². The van der Waals surface area contributed by atoms with Crippen LogP contribution in [0.1, 0.15) is 46.1 Å². The molecule has 2 heterocycles. The number of rotatable bonds is 3. The van der Waals surface area contributed by atoms with Gasteiger partial charge in [0.1, 0.15) is 5.60 Å². The number of carbonyl (C=O) groups excluding carboxylic acids is 1. The first kappa shape index (κ1) is 17.6. The first-order chi connectivity index (χ1) is 11.8. The van der Waals surface area contributed by atoms with Crippen molar-refractivity contribution in [1.29, 1.82) is 0 Å². The number of aromatic nitrogens is 1. The quantitative estimate of drug-likeness (QED) is 0.804. The molecule has 3 rings (SSSR count). The van der Waals surface area contributed by atoms with E-state index in [0.717, 1.165) is 24.9 Å². The second kappa shape index (κ2) is 6.95. The lowest BCUT2D eigenvalue weighted by Gasteiger charge is -2.31. The van der Waals surface area contributed by atoms with Gasteiger partial charge in [-0.05, 0) is 76.8 Å². The van der Waals surface area contributed by atoms with Gasteiger partial charge in [0.2, 0.25) is 0 Å². The molecule has 0 bridgehead atoms. The topological polar surface area (TPSA) is 34.5 Å². The lowest BCUT2D eigenvalue weighted by Crippen LogP contribution is -2.44. The first-order valence-corrected chi connectivity index (χ1v) is 9.07. The smallest absolute Gasteiger partial charge is 0.410 e. The molecular weight excluding hydrogens is 312 g/mol. The molecule has 1 amide bonds. The largest absolute Gasteiger partial charge is 0.444 e. The van der Waals surface area contributed by atoms with Gasteiger partial charge in [0.15, 0.2) is 0 Å². The summed E-state index contributed by atoms with van der Waals surface area (Å²) in [4.78, 5) is 14.5. The molecule has 0 radical (unpaired) electrons. The Kier molecular flexibility index (Phi) is 4.89. The molecule has 4 heteroatoms.